The van der Waals surface area contributed by atoms with E-state index < -0.39 is 11.8 Å². The van der Waals surface area contributed by atoms with Crippen molar-refractivity contribution in [2.24, 2.45) is 5.92 Å². The lowest BCUT2D eigenvalue weighted by Gasteiger charge is -2.11. The van der Waals surface area contributed by atoms with E-state index in [1.54, 1.807) is 6.07 Å². The first kappa shape index (κ1) is 11.6. The summed E-state index contributed by atoms with van der Waals surface area (Å²) in [4.78, 5) is 14.8. The number of halogens is 1. The zero-order valence-electron chi connectivity index (χ0n) is 9.61. The van der Waals surface area contributed by atoms with E-state index in [4.69, 9.17) is 0 Å². The van der Waals surface area contributed by atoms with Crippen LogP contribution in [0.25, 0.3) is 11.0 Å². The molecular weight excluding hydrogens is 223 g/mol. The molecule has 17 heavy (non-hydrogen) atoms. The lowest BCUT2D eigenvalue weighted by atomic mass is 10.2. The van der Waals surface area contributed by atoms with Crippen LogP contribution < -0.4 is 5.11 Å². The number of fused-ring (bicyclic) bond motifs is 1. The molecule has 0 radical (unpaired) electrons. The van der Waals surface area contributed by atoms with E-state index in [0.29, 0.717) is 12.1 Å². The zero-order chi connectivity index (χ0) is 12.6. The van der Waals surface area contributed by atoms with Crippen LogP contribution in [0.3, 0.4) is 0 Å². The van der Waals surface area contributed by atoms with Crippen LogP contribution >= 0.6 is 0 Å². The van der Waals surface area contributed by atoms with Gasteiger partial charge < -0.3 is 14.5 Å². The van der Waals surface area contributed by atoms with E-state index in [0.717, 1.165) is 0 Å². The number of carbonyl (C=O) groups is 1. The van der Waals surface area contributed by atoms with E-state index >= 15 is 0 Å². The minimum absolute atomic E-state index is 0.0763. The van der Waals surface area contributed by atoms with Gasteiger partial charge in [-0.25, -0.2) is 9.37 Å². The minimum Gasteiger partial charge on any atom is -0.542 e. The highest BCUT2D eigenvalue weighted by Crippen LogP contribution is 2.20. The monoisotopic (exact) mass is 235 g/mol. The first-order chi connectivity index (χ1) is 8.00. The number of benzene rings is 1. The highest BCUT2D eigenvalue weighted by molar-refractivity contribution is 5.88. The summed E-state index contributed by atoms with van der Waals surface area (Å²) in [5.74, 6) is -1.90. The number of carbonyl (C=O) groups excluding carboxylic acids is 1. The Labute approximate surface area is 97.7 Å². The molecule has 0 aliphatic carbocycles. The third-order valence-electron chi connectivity index (χ3n) is 2.46. The van der Waals surface area contributed by atoms with E-state index in [2.05, 4.69) is 4.98 Å². The lowest BCUT2D eigenvalue weighted by molar-refractivity contribution is -0.256. The van der Waals surface area contributed by atoms with Crippen molar-refractivity contribution in [2.75, 3.05) is 0 Å². The second-order valence-corrected chi connectivity index (χ2v) is 4.33. The van der Waals surface area contributed by atoms with Gasteiger partial charge >= 0.3 is 0 Å². The highest BCUT2D eigenvalue weighted by atomic mass is 19.1. The molecule has 0 amide bonds. The molecule has 0 fully saturated rings. The molecule has 0 aliphatic rings. The van der Waals surface area contributed by atoms with Gasteiger partial charge in [-0.2, -0.15) is 0 Å². The number of carboxylic acid groups (broad SMARTS) is 1. The molecule has 0 N–H and O–H groups in total. The number of rotatable bonds is 3. The van der Waals surface area contributed by atoms with Crippen molar-refractivity contribution in [2.45, 2.75) is 20.4 Å². The summed E-state index contributed by atoms with van der Waals surface area (Å²) in [6, 6.07) is 4.45. The summed E-state index contributed by atoms with van der Waals surface area (Å²) in [7, 11) is 0. The third kappa shape index (κ3) is 2.00. The molecule has 0 spiro atoms. The van der Waals surface area contributed by atoms with Crippen molar-refractivity contribution >= 4 is 17.0 Å². The van der Waals surface area contributed by atoms with Gasteiger partial charge in [-0.05, 0) is 18.1 Å². The molecule has 1 aromatic heterocycles. The van der Waals surface area contributed by atoms with Gasteiger partial charge in [0, 0.05) is 6.54 Å². The summed E-state index contributed by atoms with van der Waals surface area (Å²) >= 11 is 0. The number of hydrogen-bond acceptors (Lipinski definition) is 3. The summed E-state index contributed by atoms with van der Waals surface area (Å²) in [6.07, 6.45) is 0. The van der Waals surface area contributed by atoms with E-state index in [1.165, 1.54) is 16.7 Å². The normalized spacial score (nSPS) is 11.3. The predicted molar refractivity (Wildman–Crippen MR) is 58.9 cm³/mol. The van der Waals surface area contributed by atoms with Crippen LogP contribution in [-0.2, 0) is 6.54 Å². The maximum absolute atomic E-state index is 13.5. The topological polar surface area (TPSA) is 58.0 Å². The van der Waals surface area contributed by atoms with Gasteiger partial charge in [0.05, 0.1) is 5.52 Å². The van der Waals surface area contributed by atoms with Crippen LogP contribution in [0.15, 0.2) is 18.2 Å². The van der Waals surface area contributed by atoms with Gasteiger partial charge in [-0.1, -0.05) is 19.9 Å². The molecule has 0 bridgehead atoms. The highest BCUT2D eigenvalue weighted by Gasteiger charge is 2.14. The molecule has 2 rings (SSSR count). The Balaban J connectivity index is 2.71. The average molecular weight is 235 g/mol. The van der Waals surface area contributed by atoms with E-state index in [-0.39, 0.29) is 17.3 Å². The fourth-order valence-electron chi connectivity index (χ4n) is 1.82. The first-order valence-electron chi connectivity index (χ1n) is 5.36. The Bertz CT molecular complexity index is 575. The number of imidazole rings is 1. The van der Waals surface area contributed by atoms with Crippen LogP contribution in [0, 0.1) is 11.7 Å². The second-order valence-electron chi connectivity index (χ2n) is 4.33. The van der Waals surface area contributed by atoms with Gasteiger partial charge in [0.15, 0.2) is 11.6 Å². The number of nitrogens with zero attached hydrogens (tertiary/aromatic N) is 2. The number of para-hydroxylation sites is 1. The fourth-order valence-corrected chi connectivity index (χ4v) is 1.82. The minimum atomic E-state index is -1.39. The fraction of sp³-hybridized carbons (Fsp3) is 0.333. The number of aromatic carboxylic acids is 1. The Hall–Kier alpha value is -1.91. The van der Waals surface area contributed by atoms with Crippen LogP contribution in [0.5, 0.6) is 0 Å². The molecule has 0 saturated carbocycles. The summed E-state index contributed by atoms with van der Waals surface area (Å²) in [5.41, 5.74) is 0.560. The summed E-state index contributed by atoms with van der Waals surface area (Å²) in [5, 5.41) is 11.0. The quantitative estimate of drug-likeness (QED) is 0.803. The lowest BCUT2D eigenvalue weighted by Crippen LogP contribution is -2.27. The molecule has 1 heterocycles. The molecule has 90 valence electrons. The van der Waals surface area contributed by atoms with Crippen molar-refractivity contribution in [3.05, 3.63) is 29.8 Å². The Morgan fingerprint density at radius 3 is 2.82 bits per heavy atom. The SMILES string of the molecule is CC(C)Cn1c(C(=O)[O-])nc2c(F)cccc21. The van der Waals surface area contributed by atoms with Gasteiger partial charge in [-0.15, -0.1) is 0 Å². The molecule has 2 aromatic rings. The van der Waals surface area contributed by atoms with Crippen molar-refractivity contribution in [3.63, 3.8) is 0 Å². The largest absolute Gasteiger partial charge is 0.542 e. The summed E-state index contributed by atoms with van der Waals surface area (Å²) in [6.45, 7) is 4.36. The molecule has 5 heteroatoms. The van der Waals surface area contributed by atoms with Crippen molar-refractivity contribution < 1.29 is 14.3 Å². The van der Waals surface area contributed by atoms with E-state index in [9.17, 15) is 14.3 Å². The van der Waals surface area contributed by atoms with Crippen molar-refractivity contribution in [3.8, 4) is 0 Å². The summed E-state index contributed by atoms with van der Waals surface area (Å²) < 4.78 is 15.0. The smallest absolute Gasteiger partial charge is 0.156 e. The molecule has 4 nitrogen and oxygen atoms in total. The Morgan fingerprint density at radius 2 is 2.24 bits per heavy atom. The van der Waals surface area contributed by atoms with Gasteiger partial charge in [-0.3, -0.25) is 0 Å². The Morgan fingerprint density at radius 1 is 1.53 bits per heavy atom. The molecule has 0 atom stereocenters. The van der Waals surface area contributed by atoms with Crippen LogP contribution in [-0.4, -0.2) is 15.5 Å². The second kappa shape index (κ2) is 4.16. The van der Waals surface area contributed by atoms with Gasteiger partial charge in [0.25, 0.3) is 0 Å². The van der Waals surface area contributed by atoms with Crippen LogP contribution in [0.1, 0.15) is 24.5 Å². The number of carboxylic acids is 1. The first-order valence-corrected chi connectivity index (χ1v) is 5.36. The van der Waals surface area contributed by atoms with Crippen molar-refractivity contribution in [1.82, 2.24) is 9.55 Å². The van der Waals surface area contributed by atoms with Crippen molar-refractivity contribution in [1.29, 1.82) is 0 Å². The average Bonchev–Trinajstić information content (AvgIpc) is 2.58. The van der Waals surface area contributed by atoms with Crippen LogP contribution in [0.4, 0.5) is 4.39 Å². The third-order valence-corrected chi connectivity index (χ3v) is 2.46. The molecule has 0 unspecified atom stereocenters. The predicted octanol–water partition coefficient (Wildman–Crippen LogP) is 1.19. The molecule has 1 aromatic carbocycles. The standard InChI is InChI=1S/C12H13FN2O2/c1-7(2)6-15-9-5-3-4-8(13)10(9)14-11(15)12(16)17/h3-5,7H,6H2,1-2H3,(H,16,17)/p-1. The number of aromatic nitrogens is 2. The maximum Gasteiger partial charge on any atom is 0.156 e. The molecular formula is C12H12FN2O2-. The Kier molecular flexibility index (Phi) is 2.83. The maximum atomic E-state index is 13.5. The number of hydrogen-bond donors (Lipinski definition) is 0. The van der Waals surface area contributed by atoms with Gasteiger partial charge in [0.2, 0.25) is 0 Å². The van der Waals surface area contributed by atoms with Gasteiger partial charge in [0.1, 0.15) is 11.5 Å². The van der Waals surface area contributed by atoms with E-state index in [1.807, 2.05) is 13.8 Å². The van der Waals surface area contributed by atoms with Crippen LogP contribution in [0.2, 0.25) is 0 Å². The molecule has 0 aliphatic heterocycles. The molecule has 0 saturated heterocycles. The zero-order valence-corrected chi connectivity index (χ0v) is 9.61.